The lowest BCUT2D eigenvalue weighted by Gasteiger charge is -2.22. The summed E-state index contributed by atoms with van der Waals surface area (Å²) >= 11 is 0. The molecule has 3 atom stereocenters. The zero-order chi connectivity index (χ0) is 23.5. The number of hydrogen-bond acceptors (Lipinski definition) is 4. The van der Waals surface area contributed by atoms with Crippen molar-refractivity contribution in [1.82, 2.24) is 16.0 Å². The van der Waals surface area contributed by atoms with E-state index in [9.17, 15) is 9.59 Å². The van der Waals surface area contributed by atoms with Gasteiger partial charge in [-0.15, -0.1) is 0 Å². The van der Waals surface area contributed by atoms with Gasteiger partial charge in [0.2, 0.25) is 11.8 Å². The van der Waals surface area contributed by atoms with Crippen LogP contribution in [0.1, 0.15) is 56.7 Å². The molecule has 178 valence electrons. The fraction of sp³-hybridized carbons (Fsp3) is 0.481. The molecule has 33 heavy (non-hydrogen) atoms. The SMILES string of the molecule is CCCC(C)COc1ccc([C@H](CNC(=O)[C@@H]2CCCN2)NC(=O)Cc2ccccc2)cc1. The highest BCUT2D eigenvalue weighted by Crippen LogP contribution is 2.19. The van der Waals surface area contributed by atoms with Crippen molar-refractivity contribution in [3.05, 3.63) is 65.7 Å². The van der Waals surface area contributed by atoms with E-state index in [-0.39, 0.29) is 23.9 Å². The molecule has 3 rings (SSSR count). The van der Waals surface area contributed by atoms with Gasteiger partial charge in [0.25, 0.3) is 0 Å². The maximum absolute atomic E-state index is 12.7. The van der Waals surface area contributed by atoms with Crippen molar-refractivity contribution in [3.8, 4) is 5.75 Å². The molecule has 0 radical (unpaired) electrons. The average Bonchev–Trinajstić information content (AvgIpc) is 3.37. The van der Waals surface area contributed by atoms with Crippen LogP contribution in [-0.4, -0.2) is 37.6 Å². The lowest BCUT2D eigenvalue weighted by Crippen LogP contribution is -2.44. The summed E-state index contributed by atoms with van der Waals surface area (Å²) in [5, 5.41) is 9.33. The van der Waals surface area contributed by atoms with Crippen molar-refractivity contribution in [2.24, 2.45) is 5.92 Å². The van der Waals surface area contributed by atoms with Gasteiger partial charge in [-0.1, -0.05) is 62.7 Å². The second kappa shape index (κ2) is 13.0. The summed E-state index contributed by atoms with van der Waals surface area (Å²) in [6, 6.07) is 17.0. The molecule has 2 amide bonds. The molecule has 6 nitrogen and oxygen atoms in total. The van der Waals surface area contributed by atoms with Crippen LogP contribution in [-0.2, 0) is 16.0 Å². The first-order valence-corrected chi connectivity index (χ1v) is 12.1. The Labute approximate surface area is 197 Å². The van der Waals surface area contributed by atoms with Crippen LogP contribution in [0.2, 0.25) is 0 Å². The van der Waals surface area contributed by atoms with Crippen molar-refractivity contribution in [2.45, 2.75) is 58.0 Å². The molecule has 0 bridgehead atoms. The molecule has 1 saturated heterocycles. The monoisotopic (exact) mass is 451 g/mol. The van der Waals surface area contributed by atoms with Crippen LogP contribution in [0.15, 0.2) is 54.6 Å². The van der Waals surface area contributed by atoms with E-state index in [1.807, 2.05) is 54.6 Å². The Balaban J connectivity index is 1.63. The van der Waals surface area contributed by atoms with Crippen LogP contribution in [0.4, 0.5) is 0 Å². The van der Waals surface area contributed by atoms with Gasteiger partial charge in [0.15, 0.2) is 0 Å². The third-order valence-corrected chi connectivity index (χ3v) is 6.00. The van der Waals surface area contributed by atoms with Crippen molar-refractivity contribution >= 4 is 11.8 Å². The van der Waals surface area contributed by atoms with Crippen molar-refractivity contribution < 1.29 is 14.3 Å². The summed E-state index contributed by atoms with van der Waals surface area (Å²) in [7, 11) is 0. The topological polar surface area (TPSA) is 79.5 Å². The Kier molecular flexibility index (Phi) is 9.76. The number of amides is 2. The Hall–Kier alpha value is -2.86. The van der Waals surface area contributed by atoms with E-state index in [2.05, 4.69) is 29.8 Å². The first kappa shape index (κ1) is 24.8. The fourth-order valence-corrected chi connectivity index (χ4v) is 4.12. The second-order valence-electron chi connectivity index (χ2n) is 8.95. The summed E-state index contributed by atoms with van der Waals surface area (Å²) in [6.07, 6.45) is 4.44. The molecular formula is C27H37N3O3. The van der Waals surface area contributed by atoms with Crippen LogP contribution in [0, 0.1) is 5.92 Å². The zero-order valence-electron chi connectivity index (χ0n) is 19.8. The number of nitrogens with one attached hydrogen (secondary N) is 3. The van der Waals surface area contributed by atoms with Crippen LogP contribution < -0.4 is 20.7 Å². The maximum atomic E-state index is 12.7. The van der Waals surface area contributed by atoms with E-state index in [1.165, 1.54) is 0 Å². The van der Waals surface area contributed by atoms with Crippen LogP contribution in [0.5, 0.6) is 5.75 Å². The Morgan fingerprint density at radius 1 is 1.12 bits per heavy atom. The third kappa shape index (κ3) is 8.21. The van der Waals surface area contributed by atoms with Gasteiger partial charge in [-0.25, -0.2) is 0 Å². The lowest BCUT2D eigenvalue weighted by atomic mass is 10.0. The highest BCUT2D eigenvalue weighted by Gasteiger charge is 2.23. The van der Waals surface area contributed by atoms with E-state index in [4.69, 9.17) is 4.74 Å². The minimum Gasteiger partial charge on any atom is -0.493 e. The highest BCUT2D eigenvalue weighted by molar-refractivity contribution is 5.82. The summed E-state index contributed by atoms with van der Waals surface area (Å²) in [5.41, 5.74) is 1.89. The maximum Gasteiger partial charge on any atom is 0.237 e. The van der Waals surface area contributed by atoms with E-state index >= 15 is 0 Å². The Morgan fingerprint density at radius 2 is 1.88 bits per heavy atom. The van der Waals surface area contributed by atoms with Gasteiger partial charge in [0.1, 0.15) is 5.75 Å². The number of carbonyl (C=O) groups excluding carboxylic acids is 2. The summed E-state index contributed by atoms with van der Waals surface area (Å²) in [4.78, 5) is 25.3. The summed E-state index contributed by atoms with van der Waals surface area (Å²) in [6.45, 7) is 6.27. The minimum atomic E-state index is -0.320. The molecule has 2 aromatic carbocycles. The molecular weight excluding hydrogens is 414 g/mol. The van der Waals surface area contributed by atoms with Gasteiger partial charge in [-0.2, -0.15) is 0 Å². The van der Waals surface area contributed by atoms with Crippen molar-refractivity contribution in [1.29, 1.82) is 0 Å². The van der Waals surface area contributed by atoms with Crippen molar-refractivity contribution in [2.75, 3.05) is 19.7 Å². The zero-order valence-corrected chi connectivity index (χ0v) is 19.8. The fourth-order valence-electron chi connectivity index (χ4n) is 4.12. The van der Waals surface area contributed by atoms with Crippen LogP contribution in [0.3, 0.4) is 0 Å². The Morgan fingerprint density at radius 3 is 2.55 bits per heavy atom. The predicted octanol–water partition coefficient (Wildman–Crippen LogP) is 3.77. The predicted molar refractivity (Wildman–Crippen MR) is 131 cm³/mol. The van der Waals surface area contributed by atoms with Crippen LogP contribution >= 0.6 is 0 Å². The number of benzene rings is 2. The molecule has 1 aliphatic rings. The summed E-state index contributed by atoms with van der Waals surface area (Å²) < 4.78 is 5.92. The molecule has 0 aromatic heterocycles. The largest absolute Gasteiger partial charge is 0.493 e. The van der Waals surface area contributed by atoms with Crippen LogP contribution in [0.25, 0.3) is 0 Å². The smallest absolute Gasteiger partial charge is 0.237 e. The molecule has 1 heterocycles. The van der Waals surface area contributed by atoms with E-state index in [0.717, 1.165) is 49.1 Å². The molecule has 3 N–H and O–H groups in total. The second-order valence-corrected chi connectivity index (χ2v) is 8.95. The molecule has 2 aromatic rings. The number of carbonyl (C=O) groups is 2. The van der Waals surface area contributed by atoms with Crippen molar-refractivity contribution in [3.63, 3.8) is 0 Å². The highest BCUT2D eigenvalue weighted by atomic mass is 16.5. The van der Waals surface area contributed by atoms with Gasteiger partial charge < -0.3 is 20.7 Å². The normalized spacial score (nSPS) is 17.2. The van der Waals surface area contributed by atoms with E-state index in [1.54, 1.807) is 0 Å². The minimum absolute atomic E-state index is 0.0142. The number of ether oxygens (including phenoxy) is 1. The van der Waals surface area contributed by atoms with E-state index in [0.29, 0.717) is 25.5 Å². The van der Waals surface area contributed by atoms with E-state index < -0.39 is 0 Å². The Bertz CT molecular complexity index is 864. The molecule has 0 spiro atoms. The first-order chi connectivity index (χ1) is 16.0. The average molecular weight is 452 g/mol. The molecule has 0 aliphatic carbocycles. The van der Waals surface area contributed by atoms with Gasteiger partial charge in [-0.05, 0) is 55.0 Å². The quantitative estimate of drug-likeness (QED) is 0.459. The van der Waals surface area contributed by atoms with Gasteiger partial charge in [0.05, 0.1) is 25.1 Å². The third-order valence-electron chi connectivity index (χ3n) is 6.00. The number of hydrogen-bond donors (Lipinski definition) is 3. The first-order valence-electron chi connectivity index (χ1n) is 12.1. The van der Waals surface area contributed by atoms with Gasteiger partial charge >= 0.3 is 0 Å². The standard InChI is InChI=1S/C27H37N3O3/c1-3-8-20(2)19-33-23-14-12-22(13-15-23)25(18-29-27(32)24-11-7-16-28-24)30-26(31)17-21-9-5-4-6-10-21/h4-6,9-10,12-15,20,24-25,28H,3,7-8,11,16-19H2,1-2H3,(H,29,32)(H,30,31)/t20?,24-,25-/m0/s1. The molecule has 0 saturated carbocycles. The molecule has 1 aliphatic heterocycles. The molecule has 6 heteroatoms. The molecule has 1 unspecified atom stereocenters. The van der Waals surface area contributed by atoms with Gasteiger partial charge in [0, 0.05) is 6.54 Å². The van der Waals surface area contributed by atoms with Gasteiger partial charge in [-0.3, -0.25) is 9.59 Å². The summed E-state index contributed by atoms with van der Waals surface area (Å²) in [5.74, 6) is 1.24. The molecule has 1 fully saturated rings. The lowest BCUT2D eigenvalue weighted by molar-refractivity contribution is -0.124. The number of rotatable bonds is 12.